The summed E-state index contributed by atoms with van der Waals surface area (Å²) in [7, 11) is 0. The number of carbonyl (C=O) groups excluding carboxylic acids is 11. The van der Waals surface area contributed by atoms with E-state index in [-0.39, 0.29) is 99.0 Å². The van der Waals surface area contributed by atoms with E-state index in [1.165, 1.54) is 23.5 Å². The largest absolute Gasteiger partial charge is 0.481 e. The summed E-state index contributed by atoms with van der Waals surface area (Å²) < 4.78 is 19.6. The molecule has 0 unspecified atom stereocenters. The predicted molar refractivity (Wildman–Crippen MR) is 363 cm³/mol. The van der Waals surface area contributed by atoms with Crippen molar-refractivity contribution in [2.75, 3.05) is 109 Å². The Morgan fingerprint density at radius 3 is 1.88 bits per heavy atom. The minimum atomic E-state index is -1.84. The summed E-state index contributed by atoms with van der Waals surface area (Å²) in [6.45, 7) is 17.7. The summed E-state index contributed by atoms with van der Waals surface area (Å²) in [5.41, 5.74) is 22.2. The molecule has 1 fully saturated rings. The van der Waals surface area contributed by atoms with Crippen LogP contribution in [0.1, 0.15) is 99.5 Å². The third-order valence-corrected chi connectivity index (χ3v) is 16.5. The van der Waals surface area contributed by atoms with Gasteiger partial charge in [-0.05, 0) is 58.1 Å². The molecule has 538 valence electrons. The maximum absolute atomic E-state index is 14.6. The van der Waals surface area contributed by atoms with Crippen LogP contribution < -0.4 is 76.1 Å². The number of ether oxygens (including phenoxy) is 4. The molecule has 1 aliphatic rings. The SMILES string of the molecule is CCOCCNC(=O)[C@H](CSC(C)(C)C)NC(=O)[C@H](Cc1ccccc1)NC(=O)[C@@H]1CSCC(=O)N[C@@H](CCCCN)C(=O)N[C@@H](CSC(C)(C)C)C(=O)N[C@@H](CCCN=C(N)N)C(=O)NCC(=O)N[C@@H](CC(=O)O)C(=O)N1.CCOCCOCCNC(=O)COCC(N)=O. The predicted octanol–water partition coefficient (Wildman–Crippen LogP) is -2.98. The third kappa shape index (κ3) is 42.9. The number of benzene rings is 1. The van der Waals surface area contributed by atoms with Crippen LogP contribution in [0.15, 0.2) is 35.3 Å². The Hall–Kier alpha value is -7.02. The molecule has 1 saturated heterocycles. The number of guanidine groups is 1. The number of thioether (sulfide) groups is 3. The van der Waals surface area contributed by atoms with Crippen molar-refractivity contribution >= 4 is 112 Å². The Morgan fingerprint density at radius 2 is 1.25 bits per heavy atom. The van der Waals surface area contributed by atoms with Crippen molar-refractivity contribution in [3.05, 3.63) is 35.9 Å². The molecule has 35 heteroatoms. The zero-order valence-electron chi connectivity index (χ0n) is 55.9. The summed E-state index contributed by atoms with van der Waals surface area (Å²) in [5, 5.41) is 36.0. The fourth-order valence-electron chi connectivity index (χ4n) is 8.03. The van der Waals surface area contributed by atoms with Crippen molar-refractivity contribution in [3.8, 4) is 0 Å². The molecule has 1 heterocycles. The molecule has 0 radical (unpaired) electrons. The molecule has 0 bridgehead atoms. The van der Waals surface area contributed by atoms with Gasteiger partial charge >= 0.3 is 5.97 Å². The van der Waals surface area contributed by atoms with Gasteiger partial charge in [-0.3, -0.25) is 62.5 Å². The number of rotatable bonds is 36. The molecule has 1 aromatic carbocycles. The highest BCUT2D eigenvalue weighted by molar-refractivity contribution is 8.01. The van der Waals surface area contributed by atoms with Crippen LogP contribution in [0.25, 0.3) is 0 Å². The minimum absolute atomic E-state index is 0.0373. The van der Waals surface area contributed by atoms with Gasteiger partial charge in [0.25, 0.3) is 0 Å². The zero-order chi connectivity index (χ0) is 71.4. The van der Waals surface area contributed by atoms with E-state index in [1.807, 2.05) is 55.4 Å². The van der Waals surface area contributed by atoms with Gasteiger partial charge in [-0.2, -0.15) is 23.5 Å². The lowest BCUT2D eigenvalue weighted by atomic mass is 10.0. The van der Waals surface area contributed by atoms with Crippen LogP contribution >= 0.6 is 35.3 Å². The van der Waals surface area contributed by atoms with Crippen molar-refractivity contribution < 1.29 is 81.6 Å². The van der Waals surface area contributed by atoms with E-state index in [0.29, 0.717) is 58.0 Å². The Labute approximate surface area is 568 Å². The molecule has 7 atom stereocenters. The minimum Gasteiger partial charge on any atom is -0.481 e. The molecule has 0 aromatic heterocycles. The number of carbonyl (C=O) groups is 12. The first-order valence-corrected chi connectivity index (χ1v) is 34.4. The van der Waals surface area contributed by atoms with Gasteiger partial charge in [0.05, 0.1) is 45.1 Å². The number of hydrogen-bond acceptors (Lipinski definition) is 21. The van der Waals surface area contributed by atoms with Crippen LogP contribution in [0, 0.1) is 0 Å². The highest BCUT2D eigenvalue weighted by atomic mass is 32.2. The van der Waals surface area contributed by atoms with Crippen LogP contribution in [-0.2, 0) is 82.9 Å². The van der Waals surface area contributed by atoms with Crippen molar-refractivity contribution in [1.29, 1.82) is 0 Å². The maximum atomic E-state index is 14.6. The number of amides is 11. The van der Waals surface area contributed by atoms with Gasteiger partial charge in [0.1, 0.15) is 55.5 Å². The molecule has 1 aliphatic heterocycles. The van der Waals surface area contributed by atoms with E-state index in [0.717, 1.165) is 11.8 Å². The first-order chi connectivity index (χ1) is 44.9. The maximum Gasteiger partial charge on any atom is 0.305 e. The lowest BCUT2D eigenvalue weighted by molar-refractivity contribution is -0.141. The van der Waals surface area contributed by atoms with Crippen molar-refractivity contribution in [1.82, 2.24) is 53.2 Å². The second kappa shape index (κ2) is 48.6. The Bertz CT molecular complexity index is 2600. The molecular formula is C60H103N15O17S3. The first kappa shape index (κ1) is 86.0. The second-order valence-electron chi connectivity index (χ2n) is 23.3. The lowest BCUT2D eigenvalue weighted by Crippen LogP contribution is -2.60. The van der Waals surface area contributed by atoms with E-state index >= 15 is 0 Å². The Balaban J connectivity index is 0.00000230. The summed E-state index contributed by atoms with van der Waals surface area (Å²) in [6, 6.07) is -0.998. The first-order valence-electron chi connectivity index (χ1n) is 31.3. The van der Waals surface area contributed by atoms with E-state index in [4.69, 9.17) is 41.9 Å². The van der Waals surface area contributed by atoms with Gasteiger partial charge in [-0.25, -0.2) is 0 Å². The number of aliphatic carboxylic acids is 1. The molecule has 0 aliphatic carbocycles. The number of carboxylic acid groups (broad SMARTS) is 1. The van der Waals surface area contributed by atoms with Gasteiger partial charge in [-0.15, -0.1) is 11.8 Å². The van der Waals surface area contributed by atoms with Crippen molar-refractivity contribution in [2.24, 2.45) is 27.9 Å². The number of nitrogens with zero attached hydrogens (tertiary/aromatic N) is 1. The molecule has 19 N–H and O–H groups in total. The van der Waals surface area contributed by atoms with Gasteiger partial charge in [0.2, 0.25) is 65.0 Å². The van der Waals surface area contributed by atoms with E-state index in [1.54, 1.807) is 30.3 Å². The van der Waals surface area contributed by atoms with Crippen LogP contribution in [0.2, 0.25) is 0 Å². The second-order valence-corrected chi connectivity index (χ2v) is 28.0. The molecule has 0 saturated carbocycles. The number of carboxylic acids is 1. The highest BCUT2D eigenvalue weighted by Crippen LogP contribution is 2.25. The standard InChI is InChI=1S/C50H83N13O12S3.C10H20N2O5/c1-8-75-22-21-54-42(69)36(27-77-49(2,3)4)62-44(71)33(23-30-15-10-9-11-16-30)60-46(73)35-26-76-29-39(65)57-32(17-12-13-19-51)43(70)63-37(28-78-50(5,6)7)47(74)59-31(18-14-20-55-48(52)53)41(68)56-25-38(64)58-34(24-40(66)67)45(72)61-35;1-2-15-5-6-16-4-3-12-10(14)8-17-7-9(11)13/h9-11,15-16,31-37H,8,12-14,17-29,51H2,1-7H3,(H,54,69)(H,56,68)(H,57,65)(H,58,64)(H,59,74)(H,60,73)(H,61,72)(H,62,71)(H,63,70)(H,66,67)(H4,52,53,55);2-8H2,1H3,(H2,11,13)(H,12,14)/t31-,32-,33-,34-,35-,36-,37-;/m0./s1. The third-order valence-electron chi connectivity index (χ3n) is 12.7. The number of primary amides is 1. The molecule has 95 heavy (non-hydrogen) atoms. The van der Waals surface area contributed by atoms with Gasteiger partial charge in [0.15, 0.2) is 5.96 Å². The van der Waals surface area contributed by atoms with E-state index < -0.39 is 131 Å². The molecular weight excluding hydrogens is 1300 g/mol. The quantitative estimate of drug-likeness (QED) is 0.0181. The monoisotopic (exact) mass is 1400 g/mol. The number of nitrogens with one attached hydrogen (secondary N) is 10. The fourth-order valence-corrected chi connectivity index (χ4v) is 10.7. The topological polar surface area (TPSA) is 499 Å². The summed E-state index contributed by atoms with van der Waals surface area (Å²) in [6.07, 6.45) is 0.0373. The smallest absolute Gasteiger partial charge is 0.305 e. The lowest BCUT2D eigenvalue weighted by Gasteiger charge is -2.27. The van der Waals surface area contributed by atoms with Gasteiger partial charge < -0.3 is 100 Å². The van der Waals surface area contributed by atoms with Crippen LogP contribution in [0.3, 0.4) is 0 Å². The van der Waals surface area contributed by atoms with E-state index in [2.05, 4.69) is 58.2 Å². The van der Waals surface area contributed by atoms with Crippen molar-refractivity contribution in [2.45, 2.75) is 152 Å². The Morgan fingerprint density at radius 1 is 0.663 bits per heavy atom. The van der Waals surface area contributed by atoms with Crippen LogP contribution in [0.4, 0.5) is 0 Å². The van der Waals surface area contributed by atoms with E-state index in [9.17, 15) is 62.6 Å². The van der Waals surface area contributed by atoms with Gasteiger partial charge in [-0.1, -0.05) is 71.9 Å². The van der Waals surface area contributed by atoms with Gasteiger partial charge in [0, 0.05) is 66.0 Å². The summed E-state index contributed by atoms with van der Waals surface area (Å²) in [5.74, 6) is -10.6. The number of nitrogens with two attached hydrogens (primary N) is 4. The fraction of sp³-hybridized carbons (Fsp3) is 0.683. The molecule has 1 aromatic rings. The van der Waals surface area contributed by atoms with Crippen LogP contribution in [-0.4, -0.2) is 242 Å². The molecule has 0 spiro atoms. The molecule has 2 rings (SSSR count). The highest BCUT2D eigenvalue weighted by Gasteiger charge is 2.35. The Kier molecular flexibility index (Phi) is 44.0. The average Bonchev–Trinajstić information content (AvgIpc) is 1.11. The molecule has 11 amide bonds. The number of unbranched alkanes of at least 4 members (excludes halogenated alkanes) is 1. The van der Waals surface area contributed by atoms with Crippen LogP contribution in [0.5, 0.6) is 0 Å². The average molecular weight is 1400 g/mol. The normalized spacial score (nSPS) is 18.5. The summed E-state index contributed by atoms with van der Waals surface area (Å²) >= 11 is 3.62. The summed E-state index contributed by atoms with van der Waals surface area (Å²) in [4.78, 5) is 163. The number of aliphatic imine (C=N–C) groups is 1. The zero-order valence-corrected chi connectivity index (χ0v) is 58.3. The van der Waals surface area contributed by atoms with Crippen molar-refractivity contribution in [3.63, 3.8) is 0 Å². The number of hydrogen-bond donors (Lipinski definition) is 15. The molecule has 32 nitrogen and oxygen atoms in total.